The maximum absolute atomic E-state index is 11.9. The first kappa shape index (κ1) is 34.9. The van der Waals surface area contributed by atoms with E-state index < -0.39 is 10.5 Å². The van der Waals surface area contributed by atoms with E-state index in [0.717, 1.165) is 39.3 Å². The van der Waals surface area contributed by atoms with Crippen molar-refractivity contribution in [2.45, 2.75) is 90.9 Å². The number of ether oxygens (including phenoxy) is 2. The van der Waals surface area contributed by atoms with Crippen LogP contribution in [0.2, 0.25) is 0 Å². The van der Waals surface area contributed by atoms with Crippen molar-refractivity contribution >= 4 is 23.8 Å². The third-order valence-corrected chi connectivity index (χ3v) is 5.30. The highest BCUT2D eigenvalue weighted by Crippen LogP contribution is 2.17. The normalized spacial score (nSPS) is 17.1. The van der Waals surface area contributed by atoms with Crippen LogP contribution in [0, 0.1) is 24.7 Å². The fourth-order valence-electron chi connectivity index (χ4n) is 3.04. The number of alkyl halides is 1. The summed E-state index contributed by atoms with van der Waals surface area (Å²) in [6.45, 7) is 25.0. The van der Waals surface area contributed by atoms with Gasteiger partial charge in [0, 0.05) is 52.4 Å². The molecule has 2 heterocycles. The Kier molecular flexibility index (Phi) is 13.9. The quantitative estimate of drug-likeness (QED) is 0.392. The predicted octanol–water partition coefficient (Wildman–Crippen LogP) is 4.41. The molecule has 212 valence electrons. The molecule has 37 heavy (non-hydrogen) atoms. The zero-order valence-electron chi connectivity index (χ0n) is 24.7. The molecule has 0 aromatic carbocycles. The van der Waals surface area contributed by atoms with Crippen LogP contribution in [-0.4, -0.2) is 101 Å². The number of terminal acetylenes is 2. The zero-order chi connectivity index (χ0) is 29.1. The minimum Gasteiger partial charge on any atom is -0.444 e. The molecule has 2 amide bonds. The number of piperazine rings is 2. The highest BCUT2D eigenvalue weighted by Gasteiger charge is 2.31. The Balaban J connectivity index is 0.000000594. The van der Waals surface area contributed by atoms with Crippen molar-refractivity contribution in [1.82, 2.24) is 20.0 Å². The van der Waals surface area contributed by atoms with Gasteiger partial charge in [-0.15, -0.1) is 24.4 Å². The van der Waals surface area contributed by atoms with Crippen molar-refractivity contribution in [3.63, 3.8) is 0 Å². The molecule has 1 N–H and O–H groups in total. The molecule has 9 heteroatoms. The monoisotopic (exact) mass is 540 g/mol. The lowest BCUT2D eigenvalue weighted by Crippen LogP contribution is -2.55. The van der Waals surface area contributed by atoms with E-state index in [0.29, 0.717) is 13.1 Å². The number of hydrogen-bond acceptors (Lipinski definition) is 6. The number of nitrogens with zero attached hydrogens (tertiary/aromatic N) is 3. The lowest BCUT2D eigenvalue weighted by Gasteiger charge is -2.41. The van der Waals surface area contributed by atoms with E-state index in [2.05, 4.69) is 22.1 Å². The number of carbonyl (C=O) groups is 2. The minimum absolute atomic E-state index is 0.200. The van der Waals surface area contributed by atoms with E-state index in [1.165, 1.54) is 0 Å². The summed E-state index contributed by atoms with van der Waals surface area (Å²) in [5.41, 5.74) is -1.08. The van der Waals surface area contributed by atoms with E-state index in [9.17, 15) is 9.59 Å². The lowest BCUT2D eigenvalue weighted by atomic mass is 10.0. The summed E-state index contributed by atoms with van der Waals surface area (Å²) in [7, 11) is 0. The number of carbonyl (C=O) groups excluding carboxylic acids is 2. The average Bonchev–Trinajstić information content (AvgIpc) is 2.78. The third kappa shape index (κ3) is 16.4. The van der Waals surface area contributed by atoms with E-state index in [1.54, 1.807) is 23.6 Å². The molecule has 2 aliphatic rings. The highest BCUT2D eigenvalue weighted by molar-refractivity contribution is 6.25. The molecular weight excluding hydrogens is 492 g/mol. The van der Waals surface area contributed by atoms with E-state index >= 15 is 0 Å². The van der Waals surface area contributed by atoms with E-state index in [-0.39, 0.29) is 23.3 Å². The molecule has 0 aromatic rings. The summed E-state index contributed by atoms with van der Waals surface area (Å²) in [6, 6.07) is 0. The molecule has 0 spiro atoms. The second kappa shape index (κ2) is 14.7. The van der Waals surface area contributed by atoms with Gasteiger partial charge in [-0.2, -0.15) is 0 Å². The summed E-state index contributed by atoms with van der Waals surface area (Å²) < 4.78 is 10.6. The fourth-order valence-corrected chi connectivity index (χ4v) is 3.04. The second-order valence-electron chi connectivity index (χ2n) is 12.0. The van der Waals surface area contributed by atoms with Crippen LogP contribution in [0.3, 0.4) is 0 Å². The molecule has 0 radical (unpaired) electrons. The van der Waals surface area contributed by atoms with Crippen LogP contribution in [-0.2, 0) is 9.47 Å². The van der Waals surface area contributed by atoms with Crippen molar-refractivity contribution < 1.29 is 19.1 Å². The number of amides is 2. The molecule has 2 rings (SSSR count). The van der Waals surface area contributed by atoms with Crippen molar-refractivity contribution in [3.8, 4) is 24.7 Å². The van der Waals surface area contributed by atoms with Gasteiger partial charge in [-0.25, -0.2) is 9.59 Å². The maximum atomic E-state index is 11.9. The first-order valence-electron chi connectivity index (χ1n) is 12.8. The van der Waals surface area contributed by atoms with Crippen molar-refractivity contribution in [3.05, 3.63) is 0 Å². The molecule has 2 saturated heterocycles. The minimum atomic E-state index is -0.458. The van der Waals surface area contributed by atoms with Gasteiger partial charge in [-0.05, 0) is 69.2 Å². The SMILES string of the molecule is C#CC(C)(C)Cl.C#CC(C)(C)N1CCN(C(=O)OC(C)(C)C)CC1.CC(C)(C)OC(=O)N1CCNCC1. The molecule has 0 aromatic heterocycles. The topological polar surface area (TPSA) is 74.4 Å². The Bertz CT molecular complexity index is 796. The summed E-state index contributed by atoms with van der Waals surface area (Å²) in [4.78, 5) is 28.6. The fraction of sp³-hybridized carbons (Fsp3) is 0.786. The van der Waals surface area contributed by atoms with Gasteiger partial charge < -0.3 is 24.6 Å². The van der Waals surface area contributed by atoms with E-state index in [1.807, 2.05) is 55.4 Å². The first-order chi connectivity index (χ1) is 16.7. The summed E-state index contributed by atoms with van der Waals surface area (Å²) in [5, 5.41) is 3.18. The summed E-state index contributed by atoms with van der Waals surface area (Å²) in [5.74, 6) is 5.15. The van der Waals surface area contributed by atoms with Crippen LogP contribution in [0.4, 0.5) is 9.59 Å². The summed E-state index contributed by atoms with van der Waals surface area (Å²) >= 11 is 5.48. The van der Waals surface area contributed by atoms with Crippen LogP contribution in [0.25, 0.3) is 0 Å². The van der Waals surface area contributed by atoms with Gasteiger partial charge in [-0.3, -0.25) is 4.90 Å². The molecule has 0 atom stereocenters. The van der Waals surface area contributed by atoms with Crippen LogP contribution >= 0.6 is 11.6 Å². The standard InChI is InChI=1S/C14H24N2O2.C9H18N2O2.C5H7Cl/c1-7-14(5,6)16-10-8-15(9-11-16)12(17)18-13(2,3)4;1-9(2,3)13-8(12)11-6-4-10-5-7-11;1-4-5(2,3)6/h1H,8-11H2,2-6H3;10H,4-7H2,1-3H3;1H,2-3H3. The van der Waals surface area contributed by atoms with Gasteiger partial charge in [0.2, 0.25) is 0 Å². The largest absolute Gasteiger partial charge is 0.444 e. The maximum Gasteiger partial charge on any atom is 0.410 e. The van der Waals surface area contributed by atoms with Gasteiger partial charge in [-0.1, -0.05) is 11.8 Å². The lowest BCUT2D eigenvalue weighted by molar-refractivity contribution is 0.00779. The van der Waals surface area contributed by atoms with E-state index in [4.69, 9.17) is 33.9 Å². The number of nitrogens with one attached hydrogen (secondary N) is 1. The van der Waals surface area contributed by atoms with Gasteiger partial charge in [0.05, 0.1) is 10.4 Å². The van der Waals surface area contributed by atoms with Gasteiger partial charge in [0.25, 0.3) is 0 Å². The number of rotatable bonds is 1. The Morgan fingerprint density at radius 1 is 0.703 bits per heavy atom. The number of halogens is 1. The van der Waals surface area contributed by atoms with Crippen LogP contribution in [0.15, 0.2) is 0 Å². The molecule has 0 aliphatic carbocycles. The van der Waals surface area contributed by atoms with Crippen LogP contribution in [0.1, 0.15) is 69.2 Å². The molecule has 2 aliphatic heterocycles. The Hall–Kier alpha value is -2.13. The summed E-state index contributed by atoms with van der Waals surface area (Å²) in [6.07, 6.45) is 10.0. The molecule has 0 bridgehead atoms. The highest BCUT2D eigenvalue weighted by atomic mass is 35.5. The molecule has 0 saturated carbocycles. The first-order valence-corrected chi connectivity index (χ1v) is 13.1. The molecule has 2 fully saturated rings. The number of hydrogen-bond donors (Lipinski definition) is 1. The zero-order valence-corrected chi connectivity index (χ0v) is 25.4. The molecule has 0 unspecified atom stereocenters. The van der Waals surface area contributed by atoms with Crippen LogP contribution in [0.5, 0.6) is 0 Å². The molecular formula is C28H49ClN4O4. The molecule has 8 nitrogen and oxygen atoms in total. The van der Waals surface area contributed by atoms with Crippen molar-refractivity contribution in [1.29, 1.82) is 0 Å². The average molecular weight is 541 g/mol. The Morgan fingerprint density at radius 3 is 1.35 bits per heavy atom. The predicted molar refractivity (Wildman–Crippen MR) is 152 cm³/mol. The van der Waals surface area contributed by atoms with Crippen molar-refractivity contribution in [2.75, 3.05) is 52.4 Å². The second-order valence-corrected chi connectivity index (χ2v) is 12.9. The van der Waals surface area contributed by atoms with Crippen LogP contribution < -0.4 is 5.32 Å². The third-order valence-electron chi connectivity index (χ3n) is 5.19. The van der Waals surface area contributed by atoms with Gasteiger partial charge >= 0.3 is 12.2 Å². The Morgan fingerprint density at radius 2 is 1.05 bits per heavy atom. The van der Waals surface area contributed by atoms with Crippen molar-refractivity contribution in [2.24, 2.45) is 0 Å². The smallest absolute Gasteiger partial charge is 0.410 e. The van der Waals surface area contributed by atoms with Gasteiger partial charge in [0.1, 0.15) is 11.2 Å². The Labute approximate surface area is 230 Å². The van der Waals surface area contributed by atoms with Gasteiger partial charge in [0.15, 0.2) is 0 Å².